The highest BCUT2D eigenvalue weighted by Gasteiger charge is 2.16. The summed E-state index contributed by atoms with van der Waals surface area (Å²) in [6.07, 6.45) is 7.72. The predicted molar refractivity (Wildman–Crippen MR) is 152 cm³/mol. The first kappa shape index (κ1) is 31.2. The Bertz CT molecular complexity index is 1200. The molecular formula is C28H39FN8O2. The highest BCUT2D eigenvalue weighted by molar-refractivity contribution is 5.91. The molecule has 39 heavy (non-hydrogen) atoms. The first-order chi connectivity index (χ1) is 18.5. The zero-order valence-electron chi connectivity index (χ0n) is 23.6. The van der Waals surface area contributed by atoms with Crippen molar-refractivity contribution in [1.82, 2.24) is 30.1 Å². The van der Waals surface area contributed by atoms with Crippen LogP contribution in [0.5, 0.6) is 0 Å². The number of anilines is 3. The fraction of sp³-hybridized carbons (Fsp3) is 0.464. The van der Waals surface area contributed by atoms with E-state index in [0.29, 0.717) is 49.1 Å². The SMILES string of the molecule is CCCNc1nc(Nc2ccnc(F)c2)ncc1C#CC(C)(C)CCNC(=O)CN(C)C(=O)/C=C/CN(C)C. The molecule has 10 nitrogen and oxygen atoms in total. The van der Waals surface area contributed by atoms with E-state index in [2.05, 4.69) is 42.7 Å². The molecule has 0 atom stereocenters. The number of aromatic nitrogens is 3. The lowest BCUT2D eigenvalue weighted by Crippen LogP contribution is -2.38. The zero-order valence-corrected chi connectivity index (χ0v) is 23.6. The van der Waals surface area contributed by atoms with Crippen LogP contribution in [-0.2, 0) is 9.59 Å². The molecule has 0 saturated carbocycles. The second-order valence-corrected chi connectivity index (χ2v) is 9.97. The molecule has 0 spiro atoms. The topological polar surface area (TPSA) is 115 Å². The van der Waals surface area contributed by atoms with Gasteiger partial charge < -0.3 is 25.8 Å². The van der Waals surface area contributed by atoms with Gasteiger partial charge in [-0.25, -0.2) is 9.97 Å². The fourth-order valence-electron chi connectivity index (χ4n) is 3.18. The van der Waals surface area contributed by atoms with E-state index in [1.165, 1.54) is 23.2 Å². The molecule has 11 heteroatoms. The number of amides is 2. The summed E-state index contributed by atoms with van der Waals surface area (Å²) in [5.74, 6) is 6.26. The summed E-state index contributed by atoms with van der Waals surface area (Å²) in [5, 5.41) is 9.10. The number of nitrogens with one attached hydrogen (secondary N) is 3. The number of rotatable bonds is 13. The smallest absolute Gasteiger partial charge is 0.246 e. The third kappa shape index (κ3) is 11.9. The molecule has 0 aliphatic heterocycles. The number of pyridine rings is 1. The van der Waals surface area contributed by atoms with Gasteiger partial charge in [0, 0.05) is 56.1 Å². The minimum atomic E-state index is -0.599. The van der Waals surface area contributed by atoms with Crippen molar-refractivity contribution < 1.29 is 14.0 Å². The van der Waals surface area contributed by atoms with Gasteiger partial charge in [-0.05, 0) is 46.9 Å². The Morgan fingerprint density at radius 2 is 1.95 bits per heavy atom. The minimum absolute atomic E-state index is 0.0203. The number of carbonyl (C=O) groups is 2. The van der Waals surface area contributed by atoms with Crippen LogP contribution in [0, 0.1) is 23.2 Å². The average Bonchev–Trinajstić information content (AvgIpc) is 2.86. The molecule has 0 unspecified atom stereocenters. The number of hydrogen-bond donors (Lipinski definition) is 3. The average molecular weight is 539 g/mol. The van der Waals surface area contributed by atoms with E-state index < -0.39 is 11.4 Å². The summed E-state index contributed by atoms with van der Waals surface area (Å²) in [6.45, 7) is 7.78. The Labute approximate surface area is 230 Å². The van der Waals surface area contributed by atoms with E-state index >= 15 is 0 Å². The summed E-state index contributed by atoms with van der Waals surface area (Å²) >= 11 is 0. The number of nitrogens with zero attached hydrogens (tertiary/aromatic N) is 5. The summed E-state index contributed by atoms with van der Waals surface area (Å²) in [6, 6.07) is 2.89. The van der Waals surface area contributed by atoms with Gasteiger partial charge in [0.15, 0.2) is 0 Å². The van der Waals surface area contributed by atoms with Crippen molar-refractivity contribution in [3.05, 3.63) is 48.2 Å². The Hall–Kier alpha value is -4.04. The van der Waals surface area contributed by atoms with E-state index in [4.69, 9.17) is 0 Å². The lowest BCUT2D eigenvalue weighted by molar-refractivity contribution is -0.131. The largest absolute Gasteiger partial charge is 0.369 e. The van der Waals surface area contributed by atoms with E-state index in [0.717, 1.165) is 6.42 Å². The molecule has 0 fully saturated rings. The third-order valence-electron chi connectivity index (χ3n) is 5.41. The molecular weight excluding hydrogens is 499 g/mol. The maximum atomic E-state index is 13.4. The predicted octanol–water partition coefficient (Wildman–Crippen LogP) is 3.04. The summed E-state index contributed by atoms with van der Waals surface area (Å²) in [4.78, 5) is 40.1. The standard InChI is InChI=1S/C28H39FN8O2/c1-7-14-32-26-21(19-33-27(35-26)34-22-11-15-30-23(29)18-22)10-12-28(2,3)13-16-31-24(38)20-37(6)25(39)9-8-17-36(4)5/h8-9,11,15,18-19H,7,13-14,16-17,20H2,1-6H3,(H,31,38)(H2,30,32,33,34,35)/b9-8+. The molecule has 0 saturated heterocycles. The summed E-state index contributed by atoms with van der Waals surface area (Å²) in [5.41, 5.74) is 0.717. The van der Waals surface area contributed by atoms with Crippen molar-refractivity contribution in [3.63, 3.8) is 0 Å². The molecule has 210 valence electrons. The van der Waals surface area contributed by atoms with E-state index in [-0.39, 0.29) is 18.4 Å². The van der Waals surface area contributed by atoms with Crippen molar-refractivity contribution in [2.24, 2.45) is 5.41 Å². The van der Waals surface area contributed by atoms with Gasteiger partial charge in [0.1, 0.15) is 5.82 Å². The van der Waals surface area contributed by atoms with Crippen molar-refractivity contribution >= 4 is 29.3 Å². The maximum absolute atomic E-state index is 13.4. The van der Waals surface area contributed by atoms with Crippen molar-refractivity contribution in [1.29, 1.82) is 0 Å². The second-order valence-electron chi connectivity index (χ2n) is 9.97. The van der Waals surface area contributed by atoms with Crippen LogP contribution in [0.2, 0.25) is 0 Å². The van der Waals surface area contributed by atoms with Gasteiger partial charge in [0.25, 0.3) is 0 Å². The van der Waals surface area contributed by atoms with Crippen LogP contribution in [0.3, 0.4) is 0 Å². The molecule has 2 aromatic rings. The van der Waals surface area contributed by atoms with Crippen LogP contribution >= 0.6 is 0 Å². The minimum Gasteiger partial charge on any atom is -0.369 e. The van der Waals surface area contributed by atoms with Crippen LogP contribution in [-0.4, -0.2) is 83.9 Å². The van der Waals surface area contributed by atoms with Gasteiger partial charge >= 0.3 is 0 Å². The molecule has 0 bridgehead atoms. The molecule has 2 amide bonds. The van der Waals surface area contributed by atoms with Gasteiger partial charge in [-0.15, -0.1) is 0 Å². The van der Waals surface area contributed by atoms with Crippen LogP contribution in [0.15, 0.2) is 36.7 Å². The lowest BCUT2D eigenvalue weighted by atomic mass is 9.90. The highest BCUT2D eigenvalue weighted by atomic mass is 19.1. The van der Waals surface area contributed by atoms with E-state index in [1.807, 2.05) is 39.8 Å². The number of hydrogen-bond acceptors (Lipinski definition) is 8. The van der Waals surface area contributed by atoms with Crippen LogP contribution in [0.25, 0.3) is 0 Å². The first-order valence-electron chi connectivity index (χ1n) is 12.8. The van der Waals surface area contributed by atoms with Gasteiger partial charge in [-0.3, -0.25) is 9.59 Å². The lowest BCUT2D eigenvalue weighted by Gasteiger charge is -2.19. The summed E-state index contributed by atoms with van der Waals surface area (Å²) in [7, 11) is 5.42. The molecule has 2 heterocycles. The number of halogens is 1. The van der Waals surface area contributed by atoms with E-state index in [1.54, 1.807) is 25.4 Å². The number of carbonyl (C=O) groups excluding carboxylic acids is 2. The van der Waals surface area contributed by atoms with Gasteiger partial charge in [0.05, 0.1) is 18.3 Å². The van der Waals surface area contributed by atoms with Crippen molar-refractivity contribution in [2.75, 3.05) is 58.0 Å². The Morgan fingerprint density at radius 1 is 1.18 bits per heavy atom. The molecule has 2 rings (SSSR count). The van der Waals surface area contributed by atoms with E-state index in [9.17, 15) is 14.0 Å². The molecule has 3 N–H and O–H groups in total. The second kappa shape index (κ2) is 15.4. The van der Waals surface area contributed by atoms with Crippen molar-refractivity contribution in [3.8, 4) is 11.8 Å². The zero-order chi connectivity index (χ0) is 28.8. The monoisotopic (exact) mass is 538 g/mol. The fourth-order valence-corrected chi connectivity index (χ4v) is 3.18. The molecule has 2 aromatic heterocycles. The van der Waals surface area contributed by atoms with Crippen LogP contribution in [0.1, 0.15) is 39.2 Å². The molecule has 0 aliphatic rings. The third-order valence-corrected chi connectivity index (χ3v) is 5.41. The van der Waals surface area contributed by atoms with Gasteiger partial charge in [-0.2, -0.15) is 9.37 Å². The summed E-state index contributed by atoms with van der Waals surface area (Å²) < 4.78 is 13.4. The number of likely N-dealkylation sites (N-methyl/N-ethyl adjacent to an activating group) is 2. The normalized spacial score (nSPS) is 11.2. The molecule has 0 aromatic carbocycles. The van der Waals surface area contributed by atoms with Gasteiger partial charge in [-0.1, -0.05) is 24.8 Å². The maximum Gasteiger partial charge on any atom is 0.246 e. The quantitative estimate of drug-likeness (QED) is 0.203. The Kier molecular flexibility index (Phi) is 12.3. The van der Waals surface area contributed by atoms with Crippen molar-refractivity contribution in [2.45, 2.75) is 33.6 Å². The Balaban J connectivity index is 1.97. The Morgan fingerprint density at radius 3 is 2.64 bits per heavy atom. The van der Waals surface area contributed by atoms with Gasteiger partial charge in [0.2, 0.25) is 23.7 Å². The molecule has 0 aliphatic carbocycles. The van der Waals surface area contributed by atoms with Crippen LogP contribution < -0.4 is 16.0 Å². The highest BCUT2D eigenvalue weighted by Crippen LogP contribution is 2.21. The molecule has 0 radical (unpaired) electrons. The van der Waals surface area contributed by atoms with Crippen LogP contribution in [0.4, 0.5) is 21.8 Å². The first-order valence-corrected chi connectivity index (χ1v) is 12.8.